The topological polar surface area (TPSA) is 21.3 Å². The number of hydrogen-bond donors (Lipinski definition) is 1. The van der Waals surface area contributed by atoms with E-state index in [4.69, 9.17) is 4.74 Å². The van der Waals surface area contributed by atoms with E-state index in [1.54, 1.807) is 7.11 Å². The molecule has 0 spiro atoms. The Labute approximate surface area is 105 Å². The maximum absolute atomic E-state index is 5.19. The quantitative estimate of drug-likeness (QED) is 0.783. The highest BCUT2D eigenvalue weighted by Gasteiger charge is 2.16. The Morgan fingerprint density at radius 2 is 1.88 bits per heavy atom. The van der Waals surface area contributed by atoms with E-state index in [2.05, 4.69) is 56.4 Å². The second-order valence-electron chi connectivity index (χ2n) is 5.34. The molecule has 17 heavy (non-hydrogen) atoms. The van der Waals surface area contributed by atoms with Gasteiger partial charge in [-0.15, -0.1) is 0 Å². The Morgan fingerprint density at radius 1 is 1.24 bits per heavy atom. The molecule has 0 aliphatic heterocycles. The Bertz CT molecular complexity index is 308. The van der Waals surface area contributed by atoms with Crippen LogP contribution in [0.15, 0.2) is 30.3 Å². The molecule has 1 N–H and O–H groups in total. The normalized spacial score (nSPS) is 13.6. The van der Waals surface area contributed by atoms with Gasteiger partial charge < -0.3 is 10.1 Å². The summed E-state index contributed by atoms with van der Waals surface area (Å²) in [7, 11) is 1.75. The third kappa shape index (κ3) is 5.33. The fourth-order valence-corrected chi connectivity index (χ4v) is 1.99. The number of nitrogens with one attached hydrogen (secondary N) is 1. The minimum absolute atomic E-state index is 0.0607. The highest BCUT2D eigenvalue weighted by molar-refractivity contribution is 5.18. The van der Waals surface area contributed by atoms with E-state index >= 15 is 0 Å². The molecule has 2 heteroatoms. The van der Waals surface area contributed by atoms with E-state index in [0.717, 1.165) is 19.6 Å². The van der Waals surface area contributed by atoms with Crippen molar-refractivity contribution in [2.45, 2.75) is 38.6 Å². The Kier molecular flexibility index (Phi) is 5.66. The molecule has 0 fully saturated rings. The van der Waals surface area contributed by atoms with Crippen LogP contribution in [0.2, 0.25) is 0 Å². The molecule has 0 radical (unpaired) electrons. The van der Waals surface area contributed by atoms with Gasteiger partial charge in [0.25, 0.3) is 0 Å². The molecule has 2 nitrogen and oxygen atoms in total. The van der Waals surface area contributed by atoms with Gasteiger partial charge >= 0.3 is 0 Å². The van der Waals surface area contributed by atoms with Gasteiger partial charge in [-0.1, -0.05) is 37.3 Å². The van der Waals surface area contributed by atoms with E-state index in [-0.39, 0.29) is 5.54 Å². The molecule has 0 heterocycles. The van der Waals surface area contributed by atoms with Gasteiger partial charge in [-0.2, -0.15) is 0 Å². The lowest BCUT2D eigenvalue weighted by Crippen LogP contribution is -2.43. The summed E-state index contributed by atoms with van der Waals surface area (Å²) < 4.78 is 5.19. The van der Waals surface area contributed by atoms with Gasteiger partial charge in [0.05, 0.1) is 6.61 Å². The van der Waals surface area contributed by atoms with Crippen molar-refractivity contribution < 1.29 is 4.74 Å². The lowest BCUT2D eigenvalue weighted by atomic mass is 9.97. The first-order chi connectivity index (χ1) is 8.05. The van der Waals surface area contributed by atoms with E-state index in [1.807, 2.05) is 0 Å². The molecule has 1 unspecified atom stereocenters. The zero-order chi connectivity index (χ0) is 12.7. The smallest absolute Gasteiger partial charge is 0.0639 e. The first kappa shape index (κ1) is 14.2. The maximum Gasteiger partial charge on any atom is 0.0639 e. The van der Waals surface area contributed by atoms with Crippen molar-refractivity contribution in [3.8, 4) is 0 Å². The van der Waals surface area contributed by atoms with Crippen LogP contribution in [0.25, 0.3) is 0 Å². The van der Waals surface area contributed by atoms with E-state index in [9.17, 15) is 0 Å². The van der Waals surface area contributed by atoms with Crippen LogP contribution in [0.1, 0.15) is 38.7 Å². The molecule has 1 aromatic carbocycles. The second-order valence-corrected chi connectivity index (χ2v) is 5.34. The van der Waals surface area contributed by atoms with Gasteiger partial charge in [-0.05, 0) is 38.3 Å². The van der Waals surface area contributed by atoms with Crippen LogP contribution in [0.3, 0.4) is 0 Å². The minimum Gasteiger partial charge on any atom is -0.383 e. The lowest BCUT2D eigenvalue weighted by molar-refractivity contribution is 0.128. The zero-order valence-electron chi connectivity index (χ0n) is 11.5. The van der Waals surface area contributed by atoms with Gasteiger partial charge in [0.1, 0.15) is 0 Å². The Balaban J connectivity index is 2.32. The van der Waals surface area contributed by atoms with Crippen molar-refractivity contribution in [1.82, 2.24) is 5.32 Å². The molecule has 1 aromatic rings. The predicted molar refractivity (Wildman–Crippen MR) is 73.4 cm³/mol. The monoisotopic (exact) mass is 235 g/mol. The van der Waals surface area contributed by atoms with Crippen LogP contribution in [0.4, 0.5) is 0 Å². The van der Waals surface area contributed by atoms with E-state index < -0.39 is 0 Å². The van der Waals surface area contributed by atoms with Crippen LogP contribution in [0.5, 0.6) is 0 Å². The lowest BCUT2D eigenvalue weighted by Gasteiger charge is -2.26. The van der Waals surface area contributed by atoms with Crippen molar-refractivity contribution in [3.63, 3.8) is 0 Å². The van der Waals surface area contributed by atoms with Crippen molar-refractivity contribution >= 4 is 0 Å². The summed E-state index contributed by atoms with van der Waals surface area (Å²) in [6, 6.07) is 10.7. The second kappa shape index (κ2) is 6.77. The van der Waals surface area contributed by atoms with E-state index in [0.29, 0.717) is 5.92 Å². The van der Waals surface area contributed by atoms with Crippen LogP contribution < -0.4 is 5.32 Å². The van der Waals surface area contributed by atoms with Gasteiger partial charge in [0.15, 0.2) is 0 Å². The average molecular weight is 235 g/mol. The first-order valence-electron chi connectivity index (χ1n) is 6.34. The van der Waals surface area contributed by atoms with Crippen LogP contribution in [-0.2, 0) is 4.74 Å². The van der Waals surface area contributed by atoms with Crippen molar-refractivity contribution in [2.75, 3.05) is 20.3 Å². The molecule has 0 aromatic heterocycles. The molecule has 0 bridgehead atoms. The Hall–Kier alpha value is -0.860. The highest BCUT2D eigenvalue weighted by atomic mass is 16.5. The standard InChI is InChI=1S/C15H25NO/c1-13(14-8-6-5-7-9-14)10-11-16-15(2,3)12-17-4/h5-9,13,16H,10-12H2,1-4H3. The summed E-state index contributed by atoms with van der Waals surface area (Å²) in [5, 5.41) is 3.54. The van der Waals surface area contributed by atoms with E-state index in [1.165, 1.54) is 5.56 Å². The summed E-state index contributed by atoms with van der Waals surface area (Å²) in [6.45, 7) is 8.38. The number of benzene rings is 1. The molecule has 0 aliphatic carbocycles. The fourth-order valence-electron chi connectivity index (χ4n) is 1.99. The summed E-state index contributed by atoms with van der Waals surface area (Å²) in [5.41, 5.74) is 1.48. The largest absolute Gasteiger partial charge is 0.383 e. The van der Waals surface area contributed by atoms with Crippen LogP contribution in [0, 0.1) is 0 Å². The first-order valence-corrected chi connectivity index (χ1v) is 6.34. The van der Waals surface area contributed by atoms with Gasteiger partial charge in [-0.25, -0.2) is 0 Å². The van der Waals surface area contributed by atoms with Crippen LogP contribution in [-0.4, -0.2) is 25.8 Å². The number of methoxy groups -OCH3 is 1. The third-order valence-electron chi connectivity index (χ3n) is 3.05. The number of ether oxygens (including phenoxy) is 1. The molecule has 0 saturated heterocycles. The zero-order valence-corrected chi connectivity index (χ0v) is 11.5. The molecule has 0 saturated carbocycles. The molecule has 0 amide bonds. The molecule has 1 rings (SSSR count). The molecular weight excluding hydrogens is 210 g/mol. The van der Waals surface area contributed by atoms with Crippen molar-refractivity contribution in [3.05, 3.63) is 35.9 Å². The van der Waals surface area contributed by atoms with Crippen molar-refractivity contribution in [2.24, 2.45) is 0 Å². The molecule has 1 atom stereocenters. The SMILES string of the molecule is COCC(C)(C)NCCC(C)c1ccccc1. The third-order valence-corrected chi connectivity index (χ3v) is 3.05. The minimum atomic E-state index is 0.0607. The summed E-state index contributed by atoms with van der Waals surface area (Å²) in [6.07, 6.45) is 1.15. The summed E-state index contributed by atoms with van der Waals surface area (Å²) >= 11 is 0. The van der Waals surface area contributed by atoms with Gasteiger partial charge in [0, 0.05) is 12.6 Å². The Morgan fingerprint density at radius 3 is 2.47 bits per heavy atom. The highest BCUT2D eigenvalue weighted by Crippen LogP contribution is 2.18. The van der Waals surface area contributed by atoms with Crippen molar-refractivity contribution in [1.29, 1.82) is 0 Å². The number of hydrogen-bond acceptors (Lipinski definition) is 2. The number of rotatable bonds is 7. The fraction of sp³-hybridized carbons (Fsp3) is 0.600. The average Bonchev–Trinajstić information content (AvgIpc) is 2.29. The summed E-state index contributed by atoms with van der Waals surface area (Å²) in [5.74, 6) is 0.599. The molecule has 96 valence electrons. The molecular formula is C15H25NO. The summed E-state index contributed by atoms with van der Waals surface area (Å²) in [4.78, 5) is 0. The van der Waals surface area contributed by atoms with Gasteiger partial charge in [-0.3, -0.25) is 0 Å². The van der Waals surface area contributed by atoms with Gasteiger partial charge in [0.2, 0.25) is 0 Å². The molecule has 0 aliphatic rings. The maximum atomic E-state index is 5.19. The van der Waals surface area contributed by atoms with Crippen LogP contribution >= 0.6 is 0 Å². The predicted octanol–water partition coefficient (Wildman–Crippen LogP) is 3.19.